The number of nitro groups is 1. The van der Waals surface area contributed by atoms with Crippen molar-refractivity contribution < 1.29 is 19.2 Å². The number of rotatable bonds is 4. The standard InChI is InChI=1S/C17H14N2O5/c1-2-24-17(21)11-3-6-13(7-4-11)18-10-12-5-8-14(19(22)23)9-15(12)16(18)20/h3-9H,2,10H2,1H3. The Morgan fingerprint density at radius 3 is 2.58 bits per heavy atom. The number of nitrogens with zero attached hydrogens (tertiary/aromatic N) is 2. The van der Waals surface area contributed by atoms with Crippen LogP contribution in [0.3, 0.4) is 0 Å². The van der Waals surface area contributed by atoms with Gasteiger partial charge in [-0.25, -0.2) is 4.79 Å². The van der Waals surface area contributed by atoms with Crippen LogP contribution >= 0.6 is 0 Å². The van der Waals surface area contributed by atoms with Crippen molar-refractivity contribution in [1.29, 1.82) is 0 Å². The molecule has 122 valence electrons. The number of carbonyl (C=O) groups excluding carboxylic acids is 2. The fraction of sp³-hybridized carbons (Fsp3) is 0.176. The minimum atomic E-state index is -0.523. The molecule has 0 aromatic heterocycles. The number of hydrogen-bond donors (Lipinski definition) is 0. The third kappa shape index (κ3) is 2.71. The van der Waals surface area contributed by atoms with E-state index in [0.717, 1.165) is 5.56 Å². The Bertz CT molecular complexity index is 829. The van der Waals surface area contributed by atoms with Gasteiger partial charge < -0.3 is 9.64 Å². The Kier molecular flexibility index (Phi) is 3.99. The van der Waals surface area contributed by atoms with Gasteiger partial charge >= 0.3 is 5.97 Å². The van der Waals surface area contributed by atoms with Gasteiger partial charge in [-0.05, 0) is 42.8 Å². The van der Waals surface area contributed by atoms with E-state index < -0.39 is 10.9 Å². The summed E-state index contributed by atoms with van der Waals surface area (Å²) in [7, 11) is 0. The highest BCUT2D eigenvalue weighted by atomic mass is 16.6. The molecule has 0 N–H and O–H groups in total. The van der Waals surface area contributed by atoms with Crippen molar-refractivity contribution in [2.24, 2.45) is 0 Å². The molecule has 2 aromatic carbocycles. The number of amides is 1. The quantitative estimate of drug-likeness (QED) is 0.489. The van der Waals surface area contributed by atoms with Gasteiger partial charge in [0.2, 0.25) is 0 Å². The molecule has 0 radical (unpaired) electrons. The average Bonchev–Trinajstić information content (AvgIpc) is 2.91. The van der Waals surface area contributed by atoms with Crippen LogP contribution in [0, 0.1) is 10.1 Å². The maximum absolute atomic E-state index is 12.5. The van der Waals surface area contributed by atoms with Gasteiger partial charge in [0.1, 0.15) is 0 Å². The second kappa shape index (κ2) is 6.11. The van der Waals surface area contributed by atoms with Crippen LogP contribution in [-0.2, 0) is 11.3 Å². The van der Waals surface area contributed by atoms with Crippen LogP contribution in [0.4, 0.5) is 11.4 Å². The van der Waals surface area contributed by atoms with Gasteiger partial charge in [-0.3, -0.25) is 14.9 Å². The molecule has 0 unspecified atom stereocenters. The first-order chi connectivity index (χ1) is 11.5. The predicted molar refractivity (Wildman–Crippen MR) is 86.0 cm³/mol. The Labute approximate surface area is 137 Å². The molecule has 1 aliphatic heterocycles. The molecule has 7 nitrogen and oxygen atoms in total. The Morgan fingerprint density at radius 1 is 1.25 bits per heavy atom. The molecule has 0 spiro atoms. The van der Waals surface area contributed by atoms with Crippen molar-refractivity contribution in [2.75, 3.05) is 11.5 Å². The molecule has 0 fully saturated rings. The number of hydrogen-bond acceptors (Lipinski definition) is 5. The van der Waals surface area contributed by atoms with Gasteiger partial charge in [0.15, 0.2) is 0 Å². The van der Waals surface area contributed by atoms with Crippen molar-refractivity contribution in [3.05, 3.63) is 69.3 Å². The van der Waals surface area contributed by atoms with Crippen molar-refractivity contribution in [1.82, 2.24) is 0 Å². The van der Waals surface area contributed by atoms with Gasteiger partial charge in [0.05, 0.1) is 29.2 Å². The van der Waals surface area contributed by atoms with Crippen molar-refractivity contribution in [3.8, 4) is 0 Å². The third-order valence-electron chi connectivity index (χ3n) is 3.80. The summed E-state index contributed by atoms with van der Waals surface area (Å²) >= 11 is 0. The monoisotopic (exact) mass is 326 g/mol. The van der Waals surface area contributed by atoms with Gasteiger partial charge in [0, 0.05) is 17.8 Å². The van der Waals surface area contributed by atoms with Crippen molar-refractivity contribution in [2.45, 2.75) is 13.5 Å². The number of anilines is 1. The lowest BCUT2D eigenvalue weighted by atomic mass is 10.1. The van der Waals surface area contributed by atoms with Crippen molar-refractivity contribution in [3.63, 3.8) is 0 Å². The smallest absolute Gasteiger partial charge is 0.338 e. The lowest BCUT2D eigenvalue weighted by Crippen LogP contribution is -2.23. The van der Waals surface area contributed by atoms with E-state index in [-0.39, 0.29) is 11.6 Å². The molecule has 1 amide bonds. The summed E-state index contributed by atoms with van der Waals surface area (Å²) in [6, 6.07) is 10.8. The summed E-state index contributed by atoms with van der Waals surface area (Å²) in [5.74, 6) is -0.715. The number of ether oxygens (including phenoxy) is 1. The molecule has 0 aliphatic carbocycles. The van der Waals surface area contributed by atoms with Crippen LogP contribution in [0.2, 0.25) is 0 Å². The van der Waals surface area contributed by atoms with Gasteiger partial charge in [-0.15, -0.1) is 0 Å². The van der Waals surface area contributed by atoms with Gasteiger partial charge in [-0.2, -0.15) is 0 Å². The van der Waals surface area contributed by atoms with E-state index in [1.807, 2.05) is 0 Å². The maximum atomic E-state index is 12.5. The van der Waals surface area contributed by atoms with E-state index in [9.17, 15) is 19.7 Å². The summed E-state index contributed by atoms with van der Waals surface area (Å²) in [6.07, 6.45) is 0. The number of non-ortho nitro benzene ring substituents is 1. The van der Waals surface area contributed by atoms with Crippen molar-refractivity contribution >= 4 is 23.3 Å². The van der Waals surface area contributed by atoms with Crippen LogP contribution in [-0.4, -0.2) is 23.4 Å². The lowest BCUT2D eigenvalue weighted by Gasteiger charge is -2.15. The molecular weight excluding hydrogens is 312 g/mol. The molecule has 0 bridgehead atoms. The van der Waals surface area contributed by atoms with Crippen LogP contribution < -0.4 is 4.90 Å². The highest BCUT2D eigenvalue weighted by molar-refractivity contribution is 6.10. The molecule has 0 saturated carbocycles. The first-order valence-corrected chi connectivity index (χ1v) is 7.37. The molecule has 1 heterocycles. The number of fused-ring (bicyclic) bond motifs is 1. The second-order valence-corrected chi connectivity index (χ2v) is 5.26. The summed E-state index contributed by atoms with van der Waals surface area (Å²) in [6.45, 7) is 2.36. The zero-order valence-corrected chi connectivity index (χ0v) is 12.9. The Balaban J connectivity index is 1.85. The minimum Gasteiger partial charge on any atom is -0.462 e. The van der Waals surface area contributed by atoms with Crippen LogP contribution in [0.15, 0.2) is 42.5 Å². The molecule has 24 heavy (non-hydrogen) atoms. The van der Waals surface area contributed by atoms with Crippen LogP contribution in [0.25, 0.3) is 0 Å². The summed E-state index contributed by atoms with van der Waals surface area (Å²) in [5.41, 5.74) is 1.98. The minimum absolute atomic E-state index is 0.110. The van der Waals surface area contributed by atoms with Gasteiger partial charge in [0.25, 0.3) is 11.6 Å². The Hall–Kier alpha value is -3.22. The van der Waals surface area contributed by atoms with E-state index in [4.69, 9.17) is 4.74 Å². The topological polar surface area (TPSA) is 89.8 Å². The van der Waals surface area contributed by atoms with Crippen LogP contribution in [0.1, 0.15) is 33.2 Å². The van der Waals surface area contributed by atoms with Gasteiger partial charge in [-0.1, -0.05) is 0 Å². The molecule has 2 aromatic rings. The third-order valence-corrected chi connectivity index (χ3v) is 3.80. The normalized spacial score (nSPS) is 12.9. The summed E-state index contributed by atoms with van der Waals surface area (Å²) in [5, 5.41) is 10.9. The molecule has 1 aliphatic rings. The highest BCUT2D eigenvalue weighted by Crippen LogP contribution is 2.30. The van der Waals surface area contributed by atoms with E-state index in [1.54, 1.807) is 37.3 Å². The fourth-order valence-corrected chi connectivity index (χ4v) is 2.60. The van der Waals surface area contributed by atoms with Crippen LogP contribution in [0.5, 0.6) is 0 Å². The molecule has 3 rings (SSSR count). The SMILES string of the molecule is CCOC(=O)c1ccc(N2Cc3ccc([N+](=O)[O-])cc3C2=O)cc1. The largest absolute Gasteiger partial charge is 0.462 e. The first kappa shape index (κ1) is 15.7. The summed E-state index contributed by atoms with van der Waals surface area (Å²) < 4.78 is 4.92. The highest BCUT2D eigenvalue weighted by Gasteiger charge is 2.30. The number of carbonyl (C=O) groups is 2. The molecule has 7 heteroatoms. The zero-order valence-electron chi connectivity index (χ0n) is 12.9. The van der Waals surface area contributed by atoms with E-state index in [2.05, 4.69) is 0 Å². The predicted octanol–water partition coefficient (Wildman–Crippen LogP) is 2.93. The molecule has 0 saturated heterocycles. The first-order valence-electron chi connectivity index (χ1n) is 7.37. The molecular formula is C17H14N2O5. The lowest BCUT2D eigenvalue weighted by molar-refractivity contribution is -0.384. The Morgan fingerprint density at radius 2 is 1.96 bits per heavy atom. The number of esters is 1. The fourth-order valence-electron chi connectivity index (χ4n) is 2.60. The number of nitro benzene ring substituents is 1. The summed E-state index contributed by atoms with van der Waals surface area (Å²) in [4.78, 5) is 36.0. The van der Waals surface area contributed by atoms with E-state index >= 15 is 0 Å². The number of benzene rings is 2. The molecule has 0 atom stereocenters. The van der Waals surface area contributed by atoms with E-state index in [1.165, 1.54) is 17.0 Å². The van der Waals surface area contributed by atoms with E-state index in [0.29, 0.717) is 30.0 Å². The maximum Gasteiger partial charge on any atom is 0.338 e. The zero-order chi connectivity index (χ0) is 17.3. The second-order valence-electron chi connectivity index (χ2n) is 5.26. The average molecular weight is 326 g/mol.